The molecule has 24 heavy (non-hydrogen) atoms. The Balaban J connectivity index is 1.72. The van der Waals surface area contributed by atoms with Crippen LogP contribution in [-0.4, -0.2) is 60.6 Å². The van der Waals surface area contributed by atoms with E-state index >= 15 is 0 Å². The normalized spacial score (nSPS) is 33.0. The topological polar surface area (TPSA) is 84.9 Å². The van der Waals surface area contributed by atoms with E-state index in [4.69, 9.17) is 9.47 Å². The van der Waals surface area contributed by atoms with Crippen molar-refractivity contribution in [1.82, 2.24) is 10.2 Å². The van der Waals surface area contributed by atoms with Crippen LogP contribution >= 0.6 is 0 Å². The highest BCUT2D eigenvalue weighted by molar-refractivity contribution is 5.94. The van der Waals surface area contributed by atoms with E-state index in [0.29, 0.717) is 13.1 Å². The SMILES string of the molecule is CCCCNC(=O)[C@@H]1[C@H]2C=C[C@@]3(CN(CC(=O)OCC)C(=O)[C@@H]13)O2. The lowest BCUT2D eigenvalue weighted by atomic mass is 9.77. The van der Waals surface area contributed by atoms with Gasteiger partial charge in [-0.25, -0.2) is 0 Å². The van der Waals surface area contributed by atoms with Crippen molar-refractivity contribution in [1.29, 1.82) is 0 Å². The number of carbonyl (C=O) groups is 3. The first-order valence-electron chi connectivity index (χ1n) is 8.61. The van der Waals surface area contributed by atoms with Crippen LogP contribution in [0, 0.1) is 11.8 Å². The van der Waals surface area contributed by atoms with Crippen LogP contribution < -0.4 is 5.32 Å². The maximum absolute atomic E-state index is 12.8. The van der Waals surface area contributed by atoms with Crippen LogP contribution in [0.2, 0.25) is 0 Å². The van der Waals surface area contributed by atoms with E-state index in [2.05, 4.69) is 12.2 Å². The highest BCUT2D eigenvalue weighted by atomic mass is 16.5. The van der Waals surface area contributed by atoms with Gasteiger partial charge in [0.2, 0.25) is 11.8 Å². The van der Waals surface area contributed by atoms with E-state index in [-0.39, 0.29) is 31.1 Å². The standard InChI is InChI=1S/C17H24N2O5/c1-3-5-8-18-15(21)13-11-6-7-17(24-11)10-19(16(22)14(13)17)9-12(20)23-4-2/h6-7,11,13-14H,3-5,8-10H2,1-2H3,(H,18,21)/t11-,13-,14-,17+/m1/s1. The minimum atomic E-state index is -0.777. The lowest BCUT2D eigenvalue weighted by Gasteiger charge is -2.23. The number of esters is 1. The third-order valence-electron chi connectivity index (χ3n) is 4.94. The van der Waals surface area contributed by atoms with Gasteiger partial charge in [0.25, 0.3) is 0 Å². The second kappa shape index (κ2) is 6.55. The minimum Gasteiger partial charge on any atom is -0.465 e. The van der Waals surface area contributed by atoms with Gasteiger partial charge in [0, 0.05) is 6.54 Å². The summed E-state index contributed by atoms with van der Waals surface area (Å²) in [6.45, 7) is 4.84. The smallest absolute Gasteiger partial charge is 0.325 e. The average Bonchev–Trinajstić information content (AvgIpc) is 3.16. The summed E-state index contributed by atoms with van der Waals surface area (Å²) in [5.41, 5.74) is -0.777. The summed E-state index contributed by atoms with van der Waals surface area (Å²) < 4.78 is 10.9. The molecule has 0 aromatic carbocycles. The first-order chi connectivity index (χ1) is 11.5. The third-order valence-corrected chi connectivity index (χ3v) is 4.94. The van der Waals surface area contributed by atoms with Gasteiger partial charge in [-0.15, -0.1) is 0 Å². The lowest BCUT2D eigenvalue weighted by Crippen LogP contribution is -2.44. The molecule has 3 heterocycles. The molecule has 2 bridgehead atoms. The van der Waals surface area contributed by atoms with Crippen molar-refractivity contribution >= 4 is 17.8 Å². The van der Waals surface area contributed by atoms with Crippen molar-refractivity contribution in [2.75, 3.05) is 26.2 Å². The van der Waals surface area contributed by atoms with E-state index < -0.39 is 23.4 Å². The molecule has 0 radical (unpaired) electrons. The van der Waals surface area contributed by atoms with Crippen LogP contribution in [0.3, 0.4) is 0 Å². The van der Waals surface area contributed by atoms with E-state index in [9.17, 15) is 14.4 Å². The number of unbranched alkanes of at least 4 members (excludes halogenated alkanes) is 1. The van der Waals surface area contributed by atoms with E-state index in [1.165, 1.54) is 4.90 Å². The predicted octanol–water partition coefficient (Wildman–Crippen LogP) is 0.248. The Morgan fingerprint density at radius 3 is 2.96 bits per heavy atom. The number of carbonyl (C=O) groups excluding carboxylic acids is 3. The fourth-order valence-electron chi connectivity index (χ4n) is 3.88. The van der Waals surface area contributed by atoms with Crippen LogP contribution in [0.15, 0.2) is 12.2 Å². The molecule has 0 aliphatic carbocycles. The fourth-order valence-corrected chi connectivity index (χ4v) is 3.88. The molecule has 0 unspecified atom stereocenters. The minimum absolute atomic E-state index is 0.100. The van der Waals surface area contributed by atoms with Gasteiger partial charge in [0.15, 0.2) is 0 Å². The quantitative estimate of drug-likeness (QED) is 0.409. The van der Waals surface area contributed by atoms with Gasteiger partial charge in [-0.2, -0.15) is 0 Å². The van der Waals surface area contributed by atoms with Crippen molar-refractivity contribution in [3.8, 4) is 0 Å². The zero-order valence-corrected chi connectivity index (χ0v) is 14.1. The molecular formula is C17H24N2O5. The fraction of sp³-hybridized carbons (Fsp3) is 0.706. The van der Waals surface area contributed by atoms with E-state index in [1.807, 2.05) is 12.2 Å². The molecule has 2 amide bonds. The molecule has 4 atom stereocenters. The lowest BCUT2D eigenvalue weighted by molar-refractivity contribution is -0.149. The molecule has 0 aromatic rings. The summed E-state index contributed by atoms with van der Waals surface area (Å²) in [7, 11) is 0. The molecule has 132 valence electrons. The Morgan fingerprint density at radius 2 is 2.25 bits per heavy atom. The Bertz CT molecular complexity index is 575. The van der Waals surface area contributed by atoms with Crippen molar-refractivity contribution in [3.63, 3.8) is 0 Å². The Hall–Kier alpha value is -1.89. The molecule has 1 spiro atoms. The molecule has 7 nitrogen and oxygen atoms in total. The average molecular weight is 336 g/mol. The van der Waals surface area contributed by atoms with Gasteiger partial charge in [-0.05, 0) is 13.3 Å². The van der Waals surface area contributed by atoms with Crippen LogP contribution in [0.25, 0.3) is 0 Å². The molecule has 2 fully saturated rings. The number of nitrogens with zero attached hydrogens (tertiary/aromatic N) is 1. The van der Waals surface area contributed by atoms with Crippen LogP contribution in [0.1, 0.15) is 26.7 Å². The number of likely N-dealkylation sites (tertiary alicyclic amines) is 1. The summed E-state index contributed by atoms with van der Waals surface area (Å²) in [6, 6.07) is 0. The van der Waals surface area contributed by atoms with Crippen LogP contribution in [0.5, 0.6) is 0 Å². The predicted molar refractivity (Wildman–Crippen MR) is 84.9 cm³/mol. The largest absolute Gasteiger partial charge is 0.465 e. The van der Waals surface area contributed by atoms with Crippen LogP contribution in [0.4, 0.5) is 0 Å². The molecule has 3 aliphatic heterocycles. The summed E-state index contributed by atoms with van der Waals surface area (Å²) >= 11 is 0. The highest BCUT2D eigenvalue weighted by Gasteiger charge is 2.66. The van der Waals surface area contributed by atoms with Crippen LogP contribution in [-0.2, 0) is 23.9 Å². The van der Waals surface area contributed by atoms with Gasteiger partial charge in [0.1, 0.15) is 12.1 Å². The number of rotatable bonds is 7. The van der Waals surface area contributed by atoms with Crippen molar-refractivity contribution < 1.29 is 23.9 Å². The monoisotopic (exact) mass is 336 g/mol. The highest BCUT2D eigenvalue weighted by Crippen LogP contribution is 2.51. The Kier molecular flexibility index (Phi) is 4.62. The maximum atomic E-state index is 12.8. The van der Waals surface area contributed by atoms with Crippen molar-refractivity contribution in [3.05, 3.63) is 12.2 Å². The molecule has 2 saturated heterocycles. The van der Waals surface area contributed by atoms with Gasteiger partial charge in [0.05, 0.1) is 31.1 Å². The molecular weight excluding hydrogens is 312 g/mol. The van der Waals surface area contributed by atoms with E-state index in [0.717, 1.165) is 12.8 Å². The van der Waals surface area contributed by atoms with Gasteiger partial charge in [-0.1, -0.05) is 25.5 Å². The second-order valence-corrected chi connectivity index (χ2v) is 6.54. The maximum Gasteiger partial charge on any atom is 0.325 e. The van der Waals surface area contributed by atoms with E-state index in [1.54, 1.807) is 6.92 Å². The molecule has 0 saturated carbocycles. The molecule has 7 heteroatoms. The molecule has 0 aromatic heterocycles. The zero-order valence-electron chi connectivity index (χ0n) is 14.1. The number of nitrogens with one attached hydrogen (secondary N) is 1. The van der Waals surface area contributed by atoms with Gasteiger partial charge in [-0.3, -0.25) is 14.4 Å². The van der Waals surface area contributed by atoms with Gasteiger partial charge >= 0.3 is 5.97 Å². The molecule has 3 aliphatic rings. The summed E-state index contributed by atoms with van der Waals surface area (Å²) in [5.74, 6) is -1.86. The summed E-state index contributed by atoms with van der Waals surface area (Å²) in [4.78, 5) is 38.5. The van der Waals surface area contributed by atoms with Gasteiger partial charge < -0.3 is 19.7 Å². The summed E-state index contributed by atoms with van der Waals surface area (Å²) in [5, 5.41) is 2.90. The first kappa shape index (κ1) is 17.0. The molecule has 3 rings (SSSR count). The second-order valence-electron chi connectivity index (χ2n) is 6.54. The molecule has 1 N–H and O–H groups in total. The first-order valence-corrected chi connectivity index (χ1v) is 8.61. The Labute approximate surface area is 141 Å². The third kappa shape index (κ3) is 2.70. The number of ether oxygens (including phenoxy) is 2. The number of hydrogen-bond donors (Lipinski definition) is 1. The van der Waals surface area contributed by atoms with Crippen molar-refractivity contribution in [2.24, 2.45) is 11.8 Å². The summed E-state index contributed by atoms with van der Waals surface area (Å²) in [6.07, 6.45) is 5.27. The number of fused-ring (bicyclic) bond motifs is 1. The van der Waals surface area contributed by atoms with Crippen molar-refractivity contribution in [2.45, 2.75) is 38.4 Å². The number of hydrogen-bond acceptors (Lipinski definition) is 5. The number of amides is 2. The zero-order chi connectivity index (χ0) is 17.3. The Morgan fingerprint density at radius 1 is 1.46 bits per heavy atom.